The maximum Gasteiger partial charge on any atom is 0.255 e. The van der Waals surface area contributed by atoms with Crippen LogP contribution in [-0.2, 0) is 6.54 Å². The number of carbonyl (C=O) groups is 1. The zero-order chi connectivity index (χ0) is 14.5. The van der Waals surface area contributed by atoms with Crippen molar-refractivity contribution in [1.29, 1.82) is 5.26 Å². The predicted molar refractivity (Wildman–Crippen MR) is 75.7 cm³/mol. The van der Waals surface area contributed by atoms with E-state index in [9.17, 15) is 4.79 Å². The number of benzene rings is 1. The number of nitriles is 1. The molecule has 1 aromatic heterocycles. The van der Waals surface area contributed by atoms with Crippen LogP contribution < -0.4 is 11.1 Å². The SMILES string of the molecule is Cc1cc(N)c(C(=O)NCc2ccc(C#N)cc2)cn1. The summed E-state index contributed by atoms with van der Waals surface area (Å²) in [5.41, 5.74) is 8.84. The quantitative estimate of drug-likeness (QED) is 0.885. The van der Waals surface area contributed by atoms with Gasteiger partial charge >= 0.3 is 0 Å². The first kappa shape index (κ1) is 13.6. The fraction of sp³-hybridized carbons (Fsp3) is 0.133. The second-order valence-electron chi connectivity index (χ2n) is 4.40. The van der Waals surface area contributed by atoms with E-state index >= 15 is 0 Å². The number of hydrogen-bond donors (Lipinski definition) is 2. The minimum Gasteiger partial charge on any atom is -0.398 e. The number of nitrogen functional groups attached to an aromatic ring is 1. The molecule has 0 atom stereocenters. The molecule has 0 fully saturated rings. The van der Waals surface area contributed by atoms with Crippen molar-refractivity contribution in [3.8, 4) is 6.07 Å². The number of pyridine rings is 1. The van der Waals surface area contributed by atoms with Gasteiger partial charge in [0.15, 0.2) is 0 Å². The van der Waals surface area contributed by atoms with E-state index in [4.69, 9.17) is 11.0 Å². The lowest BCUT2D eigenvalue weighted by Crippen LogP contribution is -2.24. The Kier molecular flexibility index (Phi) is 3.96. The number of nitrogens with one attached hydrogen (secondary N) is 1. The summed E-state index contributed by atoms with van der Waals surface area (Å²) in [7, 11) is 0. The molecule has 3 N–H and O–H groups in total. The van der Waals surface area contributed by atoms with Gasteiger partial charge in [-0.15, -0.1) is 0 Å². The van der Waals surface area contributed by atoms with Crippen molar-refractivity contribution < 1.29 is 4.79 Å². The molecule has 0 radical (unpaired) electrons. The van der Waals surface area contributed by atoms with E-state index < -0.39 is 0 Å². The number of nitrogens with two attached hydrogens (primary N) is 1. The Morgan fingerprint density at radius 2 is 2.10 bits per heavy atom. The van der Waals surface area contributed by atoms with Crippen molar-refractivity contribution >= 4 is 11.6 Å². The Balaban J connectivity index is 2.03. The largest absolute Gasteiger partial charge is 0.398 e. The van der Waals surface area contributed by atoms with E-state index in [1.807, 2.05) is 13.0 Å². The number of carbonyl (C=O) groups excluding carboxylic acids is 1. The van der Waals surface area contributed by atoms with Gasteiger partial charge < -0.3 is 11.1 Å². The number of amides is 1. The third-order valence-corrected chi connectivity index (χ3v) is 2.85. The van der Waals surface area contributed by atoms with Crippen LogP contribution in [0.25, 0.3) is 0 Å². The van der Waals surface area contributed by atoms with Gasteiger partial charge in [-0.25, -0.2) is 0 Å². The third kappa shape index (κ3) is 3.12. The molecule has 5 nitrogen and oxygen atoms in total. The summed E-state index contributed by atoms with van der Waals surface area (Å²) in [4.78, 5) is 16.1. The maximum absolute atomic E-state index is 12.0. The molecule has 2 rings (SSSR count). The Morgan fingerprint density at radius 3 is 2.70 bits per heavy atom. The molecule has 1 aromatic carbocycles. The van der Waals surface area contributed by atoms with Crippen LogP contribution >= 0.6 is 0 Å². The summed E-state index contributed by atoms with van der Waals surface area (Å²) in [5.74, 6) is -0.264. The molecule has 0 aliphatic rings. The molecule has 20 heavy (non-hydrogen) atoms. The molecule has 0 saturated heterocycles. The van der Waals surface area contributed by atoms with Crippen LogP contribution in [0.15, 0.2) is 36.5 Å². The van der Waals surface area contributed by atoms with Crippen LogP contribution in [-0.4, -0.2) is 10.9 Å². The smallest absolute Gasteiger partial charge is 0.255 e. The first-order valence-corrected chi connectivity index (χ1v) is 6.09. The van der Waals surface area contributed by atoms with E-state index in [2.05, 4.69) is 10.3 Å². The van der Waals surface area contributed by atoms with Gasteiger partial charge in [-0.1, -0.05) is 12.1 Å². The zero-order valence-corrected chi connectivity index (χ0v) is 11.1. The topological polar surface area (TPSA) is 91.8 Å². The third-order valence-electron chi connectivity index (χ3n) is 2.85. The Morgan fingerprint density at radius 1 is 1.40 bits per heavy atom. The van der Waals surface area contributed by atoms with Crippen LogP contribution in [0, 0.1) is 18.3 Å². The normalized spacial score (nSPS) is 9.80. The molecular formula is C15H14N4O. The minimum atomic E-state index is -0.264. The molecule has 0 aliphatic heterocycles. The lowest BCUT2D eigenvalue weighted by atomic mass is 10.1. The van der Waals surface area contributed by atoms with E-state index in [1.165, 1.54) is 6.20 Å². The van der Waals surface area contributed by atoms with Crippen molar-refractivity contribution in [3.63, 3.8) is 0 Å². The summed E-state index contributed by atoms with van der Waals surface area (Å²) in [5, 5.41) is 11.5. The second kappa shape index (κ2) is 5.85. The highest BCUT2D eigenvalue weighted by Crippen LogP contribution is 2.11. The second-order valence-corrected chi connectivity index (χ2v) is 4.40. The molecule has 1 heterocycles. The standard InChI is InChI=1S/C15H14N4O/c1-10-6-14(17)13(9-18-10)15(20)19-8-12-4-2-11(7-16)3-5-12/h2-6,9H,8H2,1H3,(H2,17,18)(H,19,20). The van der Waals surface area contributed by atoms with E-state index in [1.54, 1.807) is 30.3 Å². The van der Waals surface area contributed by atoms with Gasteiger partial charge in [0.1, 0.15) is 0 Å². The van der Waals surface area contributed by atoms with E-state index in [-0.39, 0.29) is 5.91 Å². The van der Waals surface area contributed by atoms with Gasteiger partial charge in [-0.3, -0.25) is 9.78 Å². The van der Waals surface area contributed by atoms with Crippen LogP contribution in [0.3, 0.4) is 0 Å². The summed E-state index contributed by atoms with van der Waals surface area (Å²) in [6, 6.07) is 10.7. The average Bonchev–Trinajstić information content (AvgIpc) is 2.45. The Labute approximate surface area is 117 Å². The van der Waals surface area contributed by atoms with Crippen LogP contribution in [0.5, 0.6) is 0 Å². The van der Waals surface area contributed by atoms with Gasteiger partial charge in [-0.05, 0) is 30.7 Å². The van der Waals surface area contributed by atoms with E-state index in [0.29, 0.717) is 23.4 Å². The first-order chi connectivity index (χ1) is 9.60. The highest BCUT2D eigenvalue weighted by atomic mass is 16.1. The maximum atomic E-state index is 12.0. The zero-order valence-electron chi connectivity index (χ0n) is 11.1. The minimum absolute atomic E-state index is 0.264. The number of hydrogen-bond acceptors (Lipinski definition) is 4. The Bertz CT molecular complexity index is 671. The summed E-state index contributed by atoms with van der Waals surface area (Å²) < 4.78 is 0. The van der Waals surface area contributed by atoms with Gasteiger partial charge in [0.2, 0.25) is 0 Å². The molecule has 5 heteroatoms. The van der Waals surface area contributed by atoms with Crippen molar-refractivity contribution in [2.45, 2.75) is 13.5 Å². The lowest BCUT2D eigenvalue weighted by Gasteiger charge is -2.08. The van der Waals surface area contributed by atoms with Crippen molar-refractivity contribution in [2.24, 2.45) is 0 Å². The lowest BCUT2D eigenvalue weighted by molar-refractivity contribution is 0.0951. The highest BCUT2D eigenvalue weighted by Gasteiger charge is 2.09. The number of aryl methyl sites for hydroxylation is 1. The molecule has 0 aliphatic carbocycles. The number of nitrogens with zero attached hydrogens (tertiary/aromatic N) is 2. The van der Waals surface area contributed by atoms with Gasteiger partial charge in [-0.2, -0.15) is 5.26 Å². The molecular weight excluding hydrogens is 252 g/mol. The summed E-state index contributed by atoms with van der Waals surface area (Å²) in [6.07, 6.45) is 1.47. The molecule has 100 valence electrons. The number of rotatable bonds is 3. The van der Waals surface area contributed by atoms with Gasteiger partial charge in [0.05, 0.1) is 17.2 Å². The molecule has 0 bridgehead atoms. The van der Waals surface area contributed by atoms with Crippen molar-refractivity contribution in [3.05, 3.63) is 58.9 Å². The van der Waals surface area contributed by atoms with Crippen LogP contribution in [0.4, 0.5) is 5.69 Å². The van der Waals surface area contributed by atoms with Crippen LogP contribution in [0.1, 0.15) is 27.2 Å². The van der Waals surface area contributed by atoms with Gasteiger partial charge in [0.25, 0.3) is 5.91 Å². The van der Waals surface area contributed by atoms with Crippen molar-refractivity contribution in [2.75, 3.05) is 5.73 Å². The number of anilines is 1. The van der Waals surface area contributed by atoms with Crippen molar-refractivity contribution in [1.82, 2.24) is 10.3 Å². The molecule has 0 unspecified atom stereocenters. The fourth-order valence-corrected chi connectivity index (χ4v) is 1.75. The molecule has 2 aromatic rings. The molecule has 0 saturated carbocycles. The Hall–Kier alpha value is -2.87. The average molecular weight is 266 g/mol. The highest BCUT2D eigenvalue weighted by molar-refractivity contribution is 5.98. The molecule has 1 amide bonds. The van der Waals surface area contributed by atoms with Crippen LogP contribution in [0.2, 0.25) is 0 Å². The summed E-state index contributed by atoms with van der Waals surface area (Å²) in [6.45, 7) is 2.19. The number of aromatic nitrogens is 1. The first-order valence-electron chi connectivity index (χ1n) is 6.09. The predicted octanol–water partition coefficient (Wildman–Crippen LogP) is 1.77. The summed E-state index contributed by atoms with van der Waals surface area (Å²) >= 11 is 0. The molecule has 0 spiro atoms. The monoisotopic (exact) mass is 266 g/mol. The van der Waals surface area contributed by atoms with Gasteiger partial charge in [0, 0.05) is 24.1 Å². The van der Waals surface area contributed by atoms with E-state index in [0.717, 1.165) is 11.3 Å². The fourth-order valence-electron chi connectivity index (χ4n) is 1.75.